The molecule has 2 unspecified atom stereocenters. The number of rotatable bonds is 5. The zero-order chi connectivity index (χ0) is 12.3. The van der Waals surface area contributed by atoms with Crippen LogP contribution in [0.4, 0.5) is 0 Å². The Morgan fingerprint density at radius 3 is 3.06 bits per heavy atom. The fourth-order valence-corrected chi connectivity index (χ4v) is 3.74. The van der Waals surface area contributed by atoms with Crippen molar-refractivity contribution in [2.24, 2.45) is 11.7 Å². The minimum Gasteiger partial charge on any atom is -0.384 e. The van der Waals surface area contributed by atoms with Gasteiger partial charge >= 0.3 is 0 Å². The van der Waals surface area contributed by atoms with Crippen LogP contribution in [0, 0.1) is 12.8 Å². The summed E-state index contributed by atoms with van der Waals surface area (Å²) in [6.07, 6.45) is 1.23. The molecular weight excluding hydrogens is 232 g/mol. The van der Waals surface area contributed by atoms with E-state index < -0.39 is 0 Å². The molecule has 0 bridgehead atoms. The van der Waals surface area contributed by atoms with Gasteiger partial charge in [0, 0.05) is 25.1 Å². The summed E-state index contributed by atoms with van der Waals surface area (Å²) in [6, 6.07) is 2.59. The Morgan fingerprint density at radius 2 is 2.47 bits per heavy atom. The topological polar surface area (TPSA) is 38.5 Å². The van der Waals surface area contributed by atoms with Gasteiger partial charge in [0.2, 0.25) is 0 Å². The normalized spacial score (nSPS) is 23.1. The highest BCUT2D eigenvalue weighted by atomic mass is 32.1. The van der Waals surface area contributed by atoms with Gasteiger partial charge in [-0.1, -0.05) is 0 Å². The number of hydrogen-bond acceptors (Lipinski definition) is 4. The van der Waals surface area contributed by atoms with Crippen LogP contribution >= 0.6 is 11.3 Å². The quantitative estimate of drug-likeness (QED) is 0.874. The largest absolute Gasteiger partial charge is 0.384 e. The second-order valence-corrected chi connectivity index (χ2v) is 5.77. The Bertz CT molecular complexity index is 353. The van der Waals surface area contributed by atoms with Crippen molar-refractivity contribution in [1.29, 1.82) is 0 Å². The van der Waals surface area contributed by atoms with E-state index in [1.807, 2.05) is 11.3 Å². The maximum Gasteiger partial charge on any atom is 0.0567 e. The van der Waals surface area contributed by atoms with Crippen LogP contribution in [-0.2, 0) is 4.74 Å². The molecule has 0 radical (unpaired) electrons. The van der Waals surface area contributed by atoms with Crippen molar-refractivity contribution in [3.63, 3.8) is 0 Å². The Labute approximate surface area is 108 Å². The van der Waals surface area contributed by atoms with Gasteiger partial charge in [-0.25, -0.2) is 0 Å². The Morgan fingerprint density at radius 1 is 1.65 bits per heavy atom. The van der Waals surface area contributed by atoms with Gasteiger partial charge in [0.15, 0.2) is 0 Å². The number of thiophene rings is 1. The van der Waals surface area contributed by atoms with Crippen molar-refractivity contribution >= 4 is 11.3 Å². The summed E-state index contributed by atoms with van der Waals surface area (Å²) >= 11 is 1.83. The molecule has 1 saturated heterocycles. The highest BCUT2D eigenvalue weighted by Crippen LogP contribution is 2.32. The smallest absolute Gasteiger partial charge is 0.0567 e. The molecule has 1 aliphatic rings. The molecule has 0 aliphatic carbocycles. The summed E-state index contributed by atoms with van der Waals surface area (Å²) < 4.78 is 5.25. The number of likely N-dealkylation sites (tertiary alicyclic amines) is 1. The lowest BCUT2D eigenvalue weighted by atomic mass is 10.1. The standard InChI is InChI=1S/C13H22N2OS/c1-10-4-6-17-13(10)12(7-14)15-5-3-11(8-15)9-16-2/h4,6,11-12H,3,5,7-9,14H2,1-2H3. The highest BCUT2D eigenvalue weighted by Gasteiger charge is 2.29. The van der Waals surface area contributed by atoms with Gasteiger partial charge in [-0.2, -0.15) is 0 Å². The SMILES string of the molecule is COCC1CCN(C(CN)c2sccc2C)C1. The molecule has 2 rings (SSSR count). The molecule has 0 spiro atoms. The van der Waals surface area contributed by atoms with Gasteiger partial charge < -0.3 is 10.5 Å². The summed E-state index contributed by atoms with van der Waals surface area (Å²) in [5.74, 6) is 0.675. The monoisotopic (exact) mass is 254 g/mol. The molecule has 1 aromatic heterocycles. The maximum atomic E-state index is 5.97. The molecule has 1 fully saturated rings. The zero-order valence-electron chi connectivity index (χ0n) is 10.7. The summed E-state index contributed by atoms with van der Waals surface area (Å²) in [7, 11) is 1.78. The van der Waals surface area contributed by atoms with Crippen molar-refractivity contribution in [2.45, 2.75) is 19.4 Å². The van der Waals surface area contributed by atoms with Gasteiger partial charge in [-0.3, -0.25) is 4.90 Å². The van der Waals surface area contributed by atoms with Crippen molar-refractivity contribution < 1.29 is 4.74 Å². The summed E-state index contributed by atoms with van der Waals surface area (Å²) in [5, 5.41) is 2.16. The van der Waals surface area contributed by atoms with Crippen molar-refractivity contribution in [2.75, 3.05) is 33.4 Å². The summed E-state index contributed by atoms with van der Waals surface area (Å²) in [6.45, 7) is 6.02. The molecule has 3 nitrogen and oxygen atoms in total. The first-order valence-corrected chi connectivity index (χ1v) is 7.11. The van der Waals surface area contributed by atoms with Crippen LogP contribution in [0.5, 0.6) is 0 Å². The molecule has 4 heteroatoms. The summed E-state index contributed by atoms with van der Waals surface area (Å²) in [4.78, 5) is 3.95. The van der Waals surface area contributed by atoms with Gasteiger partial charge in [0.05, 0.1) is 12.6 Å². The number of nitrogens with two attached hydrogens (primary N) is 1. The van der Waals surface area contributed by atoms with Crippen LogP contribution in [0.3, 0.4) is 0 Å². The molecular formula is C13H22N2OS. The Kier molecular flexibility index (Phi) is 4.56. The van der Waals surface area contributed by atoms with Gasteiger partial charge in [-0.15, -0.1) is 11.3 Å². The number of hydrogen-bond donors (Lipinski definition) is 1. The van der Waals surface area contributed by atoms with Gasteiger partial charge in [0.1, 0.15) is 0 Å². The fourth-order valence-electron chi connectivity index (χ4n) is 2.67. The third-order valence-electron chi connectivity index (χ3n) is 3.59. The van der Waals surface area contributed by atoms with Crippen LogP contribution in [0.25, 0.3) is 0 Å². The lowest BCUT2D eigenvalue weighted by molar-refractivity contribution is 0.147. The fraction of sp³-hybridized carbons (Fsp3) is 0.692. The molecule has 96 valence electrons. The average molecular weight is 254 g/mol. The first kappa shape index (κ1) is 13.0. The molecule has 2 atom stereocenters. The molecule has 2 N–H and O–H groups in total. The van der Waals surface area contributed by atoms with Crippen molar-refractivity contribution in [3.8, 4) is 0 Å². The molecule has 0 saturated carbocycles. The van der Waals surface area contributed by atoms with Crippen LogP contribution in [0.1, 0.15) is 22.9 Å². The van der Waals surface area contributed by atoms with E-state index in [0.29, 0.717) is 18.5 Å². The van der Waals surface area contributed by atoms with E-state index in [1.54, 1.807) is 7.11 Å². The van der Waals surface area contributed by atoms with E-state index in [-0.39, 0.29) is 0 Å². The number of nitrogens with zero attached hydrogens (tertiary/aromatic N) is 1. The lowest BCUT2D eigenvalue weighted by Crippen LogP contribution is -2.32. The van der Waals surface area contributed by atoms with Crippen LogP contribution in [0.15, 0.2) is 11.4 Å². The minimum absolute atomic E-state index is 0.400. The third-order valence-corrected chi connectivity index (χ3v) is 4.71. The van der Waals surface area contributed by atoms with E-state index in [1.165, 1.54) is 16.9 Å². The second kappa shape index (κ2) is 5.96. The average Bonchev–Trinajstić information content (AvgIpc) is 2.92. The first-order valence-electron chi connectivity index (χ1n) is 6.23. The molecule has 0 amide bonds. The van der Waals surface area contributed by atoms with Crippen LogP contribution in [-0.4, -0.2) is 38.3 Å². The second-order valence-electron chi connectivity index (χ2n) is 4.82. The molecule has 1 aromatic rings. The molecule has 2 heterocycles. The van der Waals surface area contributed by atoms with Gasteiger partial charge in [0.25, 0.3) is 0 Å². The Hall–Kier alpha value is -0.420. The highest BCUT2D eigenvalue weighted by molar-refractivity contribution is 7.10. The van der Waals surface area contributed by atoms with Crippen molar-refractivity contribution in [1.82, 2.24) is 4.90 Å². The van der Waals surface area contributed by atoms with E-state index in [0.717, 1.165) is 19.7 Å². The molecule has 1 aliphatic heterocycles. The van der Waals surface area contributed by atoms with Crippen molar-refractivity contribution in [3.05, 3.63) is 21.9 Å². The van der Waals surface area contributed by atoms with E-state index >= 15 is 0 Å². The van der Waals surface area contributed by atoms with Gasteiger partial charge in [-0.05, 0) is 42.8 Å². The van der Waals surface area contributed by atoms with Crippen LogP contribution in [0.2, 0.25) is 0 Å². The number of ether oxygens (including phenoxy) is 1. The predicted octanol–water partition coefficient (Wildman–Crippen LogP) is 2.02. The number of methoxy groups -OCH3 is 1. The summed E-state index contributed by atoms with van der Waals surface area (Å²) in [5.41, 5.74) is 7.34. The third kappa shape index (κ3) is 2.88. The first-order chi connectivity index (χ1) is 8.26. The molecule has 0 aromatic carbocycles. The van der Waals surface area contributed by atoms with E-state index in [9.17, 15) is 0 Å². The predicted molar refractivity (Wildman–Crippen MR) is 72.4 cm³/mol. The zero-order valence-corrected chi connectivity index (χ0v) is 11.5. The maximum absolute atomic E-state index is 5.97. The number of aryl methyl sites for hydroxylation is 1. The van der Waals surface area contributed by atoms with Crippen LogP contribution < -0.4 is 5.73 Å². The minimum atomic E-state index is 0.400. The molecule has 17 heavy (non-hydrogen) atoms. The van der Waals surface area contributed by atoms with E-state index in [4.69, 9.17) is 10.5 Å². The Balaban J connectivity index is 2.03. The van der Waals surface area contributed by atoms with E-state index in [2.05, 4.69) is 23.3 Å². The lowest BCUT2D eigenvalue weighted by Gasteiger charge is -2.26.